The van der Waals surface area contributed by atoms with Gasteiger partial charge in [-0.25, -0.2) is 4.98 Å². The molecule has 0 spiro atoms. The van der Waals surface area contributed by atoms with Gasteiger partial charge in [-0.3, -0.25) is 28.6 Å². The lowest BCUT2D eigenvalue weighted by molar-refractivity contribution is -0.140. The Morgan fingerprint density at radius 3 is 2.39 bits per heavy atom. The number of likely N-dealkylation sites (N-methyl/N-ethyl adjacent to an activating group) is 1. The molecular weight excluding hydrogens is 490 g/mol. The summed E-state index contributed by atoms with van der Waals surface area (Å²) in [6.07, 6.45) is 9.03. The van der Waals surface area contributed by atoms with Crippen LogP contribution in [0.25, 0.3) is 0 Å². The summed E-state index contributed by atoms with van der Waals surface area (Å²) >= 11 is 0. The normalized spacial score (nSPS) is 12.6. The fourth-order valence-corrected chi connectivity index (χ4v) is 3.91. The van der Waals surface area contributed by atoms with Crippen molar-refractivity contribution in [1.82, 2.24) is 19.8 Å². The number of carboxylic acid groups (broad SMARTS) is 1. The maximum Gasteiger partial charge on any atom is 0.305 e. The Balaban J connectivity index is 2.89. The van der Waals surface area contributed by atoms with Crippen molar-refractivity contribution in [3.63, 3.8) is 0 Å². The van der Waals surface area contributed by atoms with Gasteiger partial charge < -0.3 is 26.6 Å². The van der Waals surface area contributed by atoms with E-state index in [9.17, 15) is 24.3 Å². The summed E-state index contributed by atoms with van der Waals surface area (Å²) < 4.78 is 1.17. The molecule has 5 N–H and O–H groups in total. The predicted molar refractivity (Wildman–Crippen MR) is 148 cm³/mol. The zero-order valence-electron chi connectivity index (χ0n) is 23.0. The number of aromatic nitrogens is 2. The Kier molecular flexibility index (Phi) is 14.7. The number of nitrogens with zero attached hydrogens (tertiary/aromatic N) is 3. The van der Waals surface area contributed by atoms with Crippen molar-refractivity contribution in [1.29, 1.82) is 10.8 Å². The summed E-state index contributed by atoms with van der Waals surface area (Å²) in [7, 11) is 1.79. The van der Waals surface area contributed by atoms with Gasteiger partial charge in [0.2, 0.25) is 5.91 Å². The average Bonchev–Trinajstić information content (AvgIpc) is 2.85. The molecule has 0 fully saturated rings. The zero-order chi connectivity index (χ0) is 28.7. The molecule has 2 atom stereocenters. The van der Waals surface area contributed by atoms with Crippen LogP contribution in [0, 0.1) is 10.8 Å². The summed E-state index contributed by atoms with van der Waals surface area (Å²) in [5.41, 5.74) is -0.570. The minimum absolute atomic E-state index is 0.00560. The summed E-state index contributed by atoms with van der Waals surface area (Å²) in [5.74, 6) is -2.35. The maximum atomic E-state index is 13.1. The van der Waals surface area contributed by atoms with E-state index < -0.39 is 41.7 Å². The molecule has 1 amide bonds. The van der Waals surface area contributed by atoms with Crippen LogP contribution in [0.1, 0.15) is 78.2 Å². The standard InChI is InChI=1S/C26H43N7O5/c1-5-7-8-9-10-11-13-32(4)17-22(34)20(15-23(35)36)31-25(37)21(6-2)33-14-12-29-24(26(33)38)30-16-19(28)18(3)27/h12,14,20-21,27-28H,5-11,13,15-17H2,1-4H3,(H,29,30)(H,31,37)(H,35,36). The van der Waals surface area contributed by atoms with Gasteiger partial charge in [-0.05, 0) is 33.4 Å². The van der Waals surface area contributed by atoms with Gasteiger partial charge in [-0.1, -0.05) is 46.0 Å². The van der Waals surface area contributed by atoms with Gasteiger partial charge in [-0.15, -0.1) is 0 Å². The van der Waals surface area contributed by atoms with Crippen molar-refractivity contribution in [2.45, 2.75) is 84.2 Å². The van der Waals surface area contributed by atoms with Crippen LogP contribution < -0.4 is 16.2 Å². The third-order valence-electron chi connectivity index (χ3n) is 6.18. The van der Waals surface area contributed by atoms with E-state index in [1.54, 1.807) is 14.0 Å². The number of hydrogen-bond donors (Lipinski definition) is 5. The second-order valence-electron chi connectivity index (χ2n) is 9.50. The number of hydrogen-bond acceptors (Lipinski definition) is 9. The second kappa shape index (κ2) is 17.2. The maximum absolute atomic E-state index is 13.1. The smallest absolute Gasteiger partial charge is 0.305 e. The number of ketones is 1. The lowest BCUT2D eigenvalue weighted by atomic mass is 10.1. The zero-order valence-corrected chi connectivity index (χ0v) is 23.0. The highest BCUT2D eigenvalue weighted by atomic mass is 16.4. The Hall–Kier alpha value is -3.41. The first-order valence-electron chi connectivity index (χ1n) is 13.2. The van der Waals surface area contributed by atoms with Crippen LogP contribution in [-0.2, 0) is 14.4 Å². The highest BCUT2D eigenvalue weighted by molar-refractivity contribution is 6.40. The van der Waals surface area contributed by atoms with Gasteiger partial charge in [0.25, 0.3) is 5.56 Å². The first kappa shape index (κ1) is 32.6. The number of nitrogens with one attached hydrogen (secondary N) is 4. The van der Waals surface area contributed by atoms with Crippen LogP contribution in [0.4, 0.5) is 5.82 Å². The van der Waals surface area contributed by atoms with Crippen LogP contribution in [0.5, 0.6) is 0 Å². The fraction of sp³-hybridized carbons (Fsp3) is 0.654. The van der Waals surface area contributed by atoms with E-state index in [1.165, 1.54) is 43.1 Å². The second-order valence-corrected chi connectivity index (χ2v) is 9.50. The summed E-state index contributed by atoms with van der Waals surface area (Å²) in [5, 5.41) is 29.8. The number of anilines is 1. The van der Waals surface area contributed by atoms with Gasteiger partial charge >= 0.3 is 5.97 Å². The largest absolute Gasteiger partial charge is 0.481 e. The Labute approximate surface area is 224 Å². The van der Waals surface area contributed by atoms with E-state index in [0.717, 1.165) is 19.3 Å². The van der Waals surface area contributed by atoms with Crippen LogP contribution in [0.3, 0.4) is 0 Å². The molecule has 212 valence electrons. The minimum atomic E-state index is -1.23. The molecule has 0 aliphatic heterocycles. The number of rotatable bonds is 20. The van der Waals surface area contributed by atoms with E-state index in [0.29, 0.717) is 6.54 Å². The number of aliphatic carboxylic acids is 1. The van der Waals surface area contributed by atoms with E-state index in [4.69, 9.17) is 10.8 Å². The minimum Gasteiger partial charge on any atom is -0.481 e. The molecule has 0 radical (unpaired) electrons. The number of carbonyl (C=O) groups excluding carboxylic acids is 2. The Morgan fingerprint density at radius 2 is 1.79 bits per heavy atom. The molecule has 1 aromatic rings. The Morgan fingerprint density at radius 1 is 1.13 bits per heavy atom. The highest BCUT2D eigenvalue weighted by Gasteiger charge is 2.29. The van der Waals surface area contributed by atoms with Gasteiger partial charge in [0.05, 0.1) is 37.0 Å². The molecule has 1 heterocycles. The number of carboxylic acids is 1. The first-order valence-corrected chi connectivity index (χ1v) is 13.2. The molecular formula is C26H43N7O5. The molecule has 12 nitrogen and oxygen atoms in total. The Bertz CT molecular complexity index is 1020. The van der Waals surface area contributed by atoms with Crippen molar-refractivity contribution in [2.24, 2.45) is 0 Å². The summed E-state index contributed by atoms with van der Waals surface area (Å²) in [4.78, 5) is 56.3. The molecule has 2 unspecified atom stereocenters. The predicted octanol–water partition coefficient (Wildman–Crippen LogP) is 2.49. The third kappa shape index (κ3) is 11.3. The van der Waals surface area contributed by atoms with E-state index in [2.05, 4.69) is 22.5 Å². The third-order valence-corrected chi connectivity index (χ3v) is 6.18. The SMILES string of the molecule is CCCCCCCCN(C)CC(=O)C(CC(=O)O)NC(=O)C(CC)n1ccnc(NCC(=N)C(C)=N)c1=O. The number of unbranched alkanes of at least 4 members (excludes halogenated alkanes) is 5. The van der Waals surface area contributed by atoms with Gasteiger partial charge in [0.1, 0.15) is 6.04 Å². The van der Waals surface area contributed by atoms with Gasteiger partial charge in [-0.2, -0.15) is 0 Å². The number of amides is 1. The van der Waals surface area contributed by atoms with E-state index in [1.807, 2.05) is 4.90 Å². The van der Waals surface area contributed by atoms with Crippen molar-refractivity contribution in [2.75, 3.05) is 32.0 Å². The molecule has 0 saturated carbocycles. The summed E-state index contributed by atoms with van der Waals surface area (Å²) in [6, 6.07) is -2.23. The molecule has 1 rings (SSSR count). The molecule has 0 bridgehead atoms. The molecule has 1 aromatic heterocycles. The lowest BCUT2D eigenvalue weighted by Gasteiger charge is -2.24. The van der Waals surface area contributed by atoms with E-state index in [-0.39, 0.29) is 36.8 Å². The number of Topliss-reactive ketones (excluding diaryl/α,β-unsaturated/α-hetero) is 1. The van der Waals surface area contributed by atoms with Crippen molar-refractivity contribution in [3.8, 4) is 0 Å². The summed E-state index contributed by atoms with van der Waals surface area (Å²) in [6.45, 7) is 5.94. The molecule has 0 saturated heterocycles. The van der Waals surface area contributed by atoms with Crippen molar-refractivity contribution < 1.29 is 19.5 Å². The van der Waals surface area contributed by atoms with Gasteiger partial charge in [0, 0.05) is 12.4 Å². The van der Waals surface area contributed by atoms with E-state index >= 15 is 0 Å². The van der Waals surface area contributed by atoms with Gasteiger partial charge in [0.15, 0.2) is 11.6 Å². The topological polar surface area (TPSA) is 181 Å². The highest BCUT2D eigenvalue weighted by Crippen LogP contribution is 2.12. The molecule has 0 aliphatic rings. The first-order chi connectivity index (χ1) is 18.0. The number of carbonyl (C=O) groups is 3. The van der Waals surface area contributed by atoms with Crippen molar-refractivity contribution >= 4 is 34.9 Å². The fourth-order valence-electron chi connectivity index (χ4n) is 3.91. The van der Waals surface area contributed by atoms with Crippen LogP contribution >= 0.6 is 0 Å². The monoisotopic (exact) mass is 533 g/mol. The average molecular weight is 534 g/mol. The molecule has 12 heteroatoms. The molecule has 0 aliphatic carbocycles. The van der Waals surface area contributed by atoms with Crippen LogP contribution in [0.2, 0.25) is 0 Å². The molecule has 38 heavy (non-hydrogen) atoms. The van der Waals surface area contributed by atoms with Crippen LogP contribution in [-0.4, -0.2) is 81.4 Å². The molecule has 0 aromatic carbocycles. The van der Waals surface area contributed by atoms with Crippen molar-refractivity contribution in [3.05, 3.63) is 22.7 Å². The van der Waals surface area contributed by atoms with Crippen LogP contribution in [0.15, 0.2) is 17.2 Å². The quantitative estimate of drug-likeness (QED) is 0.125. The lowest BCUT2D eigenvalue weighted by Crippen LogP contribution is -2.49.